The lowest BCUT2D eigenvalue weighted by Gasteiger charge is -2.24. The van der Waals surface area contributed by atoms with Gasteiger partial charge in [-0.05, 0) is 64.9 Å². The third kappa shape index (κ3) is 7.46. The van der Waals surface area contributed by atoms with Gasteiger partial charge in [0.2, 0.25) is 0 Å². The molecule has 10 heteroatoms. The van der Waals surface area contributed by atoms with E-state index in [2.05, 4.69) is 48.4 Å². The molecule has 240 valence electrons. The van der Waals surface area contributed by atoms with Gasteiger partial charge in [-0.25, -0.2) is 9.78 Å². The zero-order valence-electron chi connectivity index (χ0n) is 26.9. The zero-order valence-corrected chi connectivity index (χ0v) is 26.9. The van der Waals surface area contributed by atoms with Gasteiger partial charge in [-0.3, -0.25) is 14.0 Å². The van der Waals surface area contributed by atoms with Gasteiger partial charge in [-0.1, -0.05) is 58.4 Å². The molecule has 2 amide bonds. The van der Waals surface area contributed by atoms with Crippen molar-refractivity contribution in [3.05, 3.63) is 101 Å². The van der Waals surface area contributed by atoms with Crippen LogP contribution in [0.3, 0.4) is 0 Å². The summed E-state index contributed by atoms with van der Waals surface area (Å²) in [6.45, 7) is 9.74. The van der Waals surface area contributed by atoms with Crippen LogP contribution < -0.4 is 20.9 Å². The topological polar surface area (TPSA) is 123 Å². The predicted molar refractivity (Wildman–Crippen MR) is 183 cm³/mol. The van der Waals surface area contributed by atoms with Crippen molar-refractivity contribution < 1.29 is 14.6 Å². The lowest BCUT2D eigenvalue weighted by Crippen LogP contribution is -2.30. The number of unbranched alkanes of at least 4 members (excludes halogenated alkanes) is 1. The fourth-order valence-corrected chi connectivity index (χ4v) is 5.51. The van der Waals surface area contributed by atoms with Crippen LogP contribution in [0.1, 0.15) is 58.1 Å². The molecule has 0 fully saturated rings. The van der Waals surface area contributed by atoms with E-state index >= 15 is 0 Å². The number of ether oxygens (including phenoxy) is 1. The Morgan fingerprint density at radius 2 is 1.85 bits per heavy atom. The van der Waals surface area contributed by atoms with Gasteiger partial charge >= 0.3 is 6.03 Å². The molecule has 46 heavy (non-hydrogen) atoms. The number of carbonyl (C=O) groups is 1. The number of carbonyl (C=O) groups excluding carboxylic acids is 1. The molecule has 3 heterocycles. The Hall–Kier alpha value is -4.96. The molecule has 0 aliphatic heterocycles. The number of anilines is 2. The average Bonchev–Trinajstić information content (AvgIpc) is 3.54. The number of aliphatic hydroxyl groups is 1. The smallest absolute Gasteiger partial charge is 0.323 e. The second kappa shape index (κ2) is 14.4. The zero-order chi connectivity index (χ0) is 32.7. The van der Waals surface area contributed by atoms with Crippen molar-refractivity contribution in [2.24, 2.45) is 0 Å². The predicted octanol–water partition coefficient (Wildman–Crippen LogP) is 6.81. The molecule has 5 rings (SSSR count). The van der Waals surface area contributed by atoms with Crippen LogP contribution >= 0.6 is 0 Å². The molecule has 0 atom stereocenters. The summed E-state index contributed by atoms with van der Waals surface area (Å²) >= 11 is 0. The van der Waals surface area contributed by atoms with Gasteiger partial charge in [0, 0.05) is 54.8 Å². The Labute approximate surface area is 269 Å². The number of hydrogen-bond donors (Lipinski definition) is 3. The highest BCUT2D eigenvalue weighted by Crippen LogP contribution is 2.35. The largest absolute Gasteiger partial charge is 0.493 e. The molecule has 0 spiro atoms. The van der Waals surface area contributed by atoms with Crippen molar-refractivity contribution in [2.45, 2.75) is 65.5 Å². The van der Waals surface area contributed by atoms with Gasteiger partial charge in [0.05, 0.1) is 13.2 Å². The highest BCUT2D eigenvalue weighted by molar-refractivity contribution is 6.07. The molecule has 0 unspecified atom stereocenters. The first-order valence-electron chi connectivity index (χ1n) is 15.7. The Bertz CT molecular complexity index is 1860. The second-order valence-electron chi connectivity index (χ2n) is 12.3. The van der Waals surface area contributed by atoms with Gasteiger partial charge < -0.3 is 20.5 Å². The molecule has 0 bridgehead atoms. The molecule has 0 radical (unpaired) electrons. The van der Waals surface area contributed by atoms with Gasteiger partial charge in [0.25, 0.3) is 5.56 Å². The van der Waals surface area contributed by atoms with Crippen LogP contribution in [0, 0.1) is 0 Å². The third-order valence-corrected chi connectivity index (χ3v) is 7.73. The number of benzene rings is 2. The maximum absolute atomic E-state index is 14.2. The van der Waals surface area contributed by atoms with E-state index in [-0.39, 0.29) is 23.3 Å². The number of rotatable bonds is 12. The number of aliphatic hydroxyl groups excluding tert-OH is 1. The number of nitrogens with one attached hydrogen (secondary N) is 2. The maximum atomic E-state index is 14.2. The van der Waals surface area contributed by atoms with Crippen LogP contribution in [0.25, 0.3) is 22.2 Å². The molecule has 3 N–H and O–H groups in total. The molecule has 0 saturated heterocycles. The summed E-state index contributed by atoms with van der Waals surface area (Å²) in [6, 6.07) is 18.5. The number of urea groups is 1. The fraction of sp³-hybridized carbons (Fsp3) is 0.333. The fourth-order valence-electron chi connectivity index (χ4n) is 5.51. The van der Waals surface area contributed by atoms with Crippen molar-refractivity contribution in [1.29, 1.82) is 0 Å². The van der Waals surface area contributed by atoms with Crippen LogP contribution in [0.5, 0.6) is 5.75 Å². The standard InChI is InChI=1S/C36H42N6O4/c1-5-6-19-42-33-28(13-8-16-37-33)31(26-11-7-12-27(23-26)46-21-10-20-43)32(34(42)44)40-35(45)39-30-22-25(24-41-18-9-17-38-41)14-15-29(30)36(2,3)4/h7-9,11-18,22-23,43H,5-6,10,19-21,24H2,1-4H3,(H2,39,40,45). The Balaban J connectivity index is 1.59. The van der Waals surface area contributed by atoms with Crippen molar-refractivity contribution in [3.63, 3.8) is 0 Å². The van der Waals surface area contributed by atoms with Crippen LogP contribution in [-0.2, 0) is 18.5 Å². The Morgan fingerprint density at radius 1 is 1.00 bits per heavy atom. The minimum Gasteiger partial charge on any atom is -0.493 e. The molecule has 0 aliphatic rings. The summed E-state index contributed by atoms with van der Waals surface area (Å²) in [5.41, 5.74) is 3.98. The first kappa shape index (κ1) is 32.4. The monoisotopic (exact) mass is 622 g/mol. The number of fused-ring (bicyclic) bond motifs is 1. The van der Waals surface area contributed by atoms with Crippen molar-refractivity contribution >= 4 is 28.4 Å². The van der Waals surface area contributed by atoms with Crippen molar-refractivity contribution in [2.75, 3.05) is 23.8 Å². The number of aryl methyl sites for hydroxylation is 1. The summed E-state index contributed by atoms with van der Waals surface area (Å²) in [7, 11) is 0. The number of pyridine rings is 2. The van der Waals surface area contributed by atoms with E-state index in [0.29, 0.717) is 54.3 Å². The minimum atomic E-state index is -0.527. The normalized spacial score (nSPS) is 11.5. The molecule has 10 nitrogen and oxygen atoms in total. The lowest BCUT2D eigenvalue weighted by atomic mass is 9.85. The molecular formula is C36H42N6O4. The van der Waals surface area contributed by atoms with Crippen molar-refractivity contribution in [3.8, 4) is 16.9 Å². The molecule has 0 aliphatic carbocycles. The number of aromatic nitrogens is 4. The SMILES string of the molecule is CCCCn1c(=O)c(NC(=O)Nc2cc(Cn3cccn3)ccc2C(C)(C)C)c(-c2cccc(OCCCO)c2)c2cccnc21. The van der Waals surface area contributed by atoms with E-state index in [0.717, 1.165) is 29.4 Å². The van der Waals surface area contributed by atoms with Gasteiger partial charge in [-0.15, -0.1) is 0 Å². The summed E-state index contributed by atoms with van der Waals surface area (Å²) in [5, 5.41) is 20.3. The number of nitrogens with zero attached hydrogens (tertiary/aromatic N) is 4. The van der Waals surface area contributed by atoms with Gasteiger partial charge in [0.15, 0.2) is 0 Å². The van der Waals surface area contributed by atoms with E-state index in [1.54, 1.807) is 17.0 Å². The van der Waals surface area contributed by atoms with E-state index in [4.69, 9.17) is 4.74 Å². The van der Waals surface area contributed by atoms with Crippen LogP contribution in [0.15, 0.2) is 84.0 Å². The highest BCUT2D eigenvalue weighted by atomic mass is 16.5. The quantitative estimate of drug-likeness (QED) is 0.131. The first-order valence-corrected chi connectivity index (χ1v) is 15.7. The summed E-state index contributed by atoms with van der Waals surface area (Å²) in [4.78, 5) is 32.7. The minimum absolute atomic E-state index is 0.0260. The van der Waals surface area contributed by atoms with E-state index in [9.17, 15) is 14.7 Å². The van der Waals surface area contributed by atoms with Gasteiger partial charge in [0.1, 0.15) is 17.1 Å². The third-order valence-electron chi connectivity index (χ3n) is 7.73. The second-order valence-corrected chi connectivity index (χ2v) is 12.3. The maximum Gasteiger partial charge on any atom is 0.323 e. The number of hydrogen-bond acceptors (Lipinski definition) is 6. The van der Waals surface area contributed by atoms with E-state index in [1.165, 1.54) is 0 Å². The summed E-state index contributed by atoms with van der Waals surface area (Å²) in [6.07, 6.45) is 7.47. The molecule has 5 aromatic rings. The molecule has 2 aromatic carbocycles. The molecule has 0 saturated carbocycles. The number of amides is 2. The van der Waals surface area contributed by atoms with Crippen LogP contribution in [-0.4, -0.2) is 43.7 Å². The van der Waals surface area contributed by atoms with Crippen molar-refractivity contribution in [1.82, 2.24) is 19.3 Å². The van der Waals surface area contributed by atoms with Crippen LogP contribution in [0.2, 0.25) is 0 Å². The summed E-state index contributed by atoms with van der Waals surface area (Å²) < 4.78 is 9.33. The molecule has 3 aromatic heterocycles. The Kier molecular flexibility index (Phi) is 10.2. The first-order chi connectivity index (χ1) is 22.2. The highest BCUT2D eigenvalue weighted by Gasteiger charge is 2.23. The summed E-state index contributed by atoms with van der Waals surface area (Å²) in [5.74, 6) is 0.595. The van der Waals surface area contributed by atoms with E-state index < -0.39 is 6.03 Å². The van der Waals surface area contributed by atoms with E-state index in [1.807, 2.05) is 71.5 Å². The lowest BCUT2D eigenvalue weighted by molar-refractivity contribution is 0.233. The van der Waals surface area contributed by atoms with Gasteiger partial charge in [-0.2, -0.15) is 5.10 Å². The molecular weight excluding hydrogens is 580 g/mol. The average molecular weight is 623 g/mol. The Morgan fingerprint density at radius 3 is 2.59 bits per heavy atom. The van der Waals surface area contributed by atoms with Crippen LogP contribution in [0.4, 0.5) is 16.2 Å².